The zero-order valence-corrected chi connectivity index (χ0v) is 8.66. The second-order valence-electron chi connectivity index (χ2n) is 3.17. The van der Waals surface area contributed by atoms with Gasteiger partial charge < -0.3 is 14.8 Å². The molecule has 0 aliphatic carbocycles. The molecule has 1 heterocycles. The Morgan fingerprint density at radius 3 is 3.14 bits per heavy atom. The van der Waals surface area contributed by atoms with Gasteiger partial charge >= 0.3 is 5.97 Å². The standard InChI is InChI=1S/C10H17NO3/c1-3-13-10(12)5-4-9-8(2)14-7-6-11-9/h4-5,8-9,11H,3,6-7H2,1-2H3/t8-,9-/m0/s1. The first kappa shape index (κ1) is 11.2. The number of carbonyl (C=O) groups excluding carboxylic acids is 1. The van der Waals surface area contributed by atoms with Crippen LogP contribution in [0.25, 0.3) is 0 Å². The number of morpholine rings is 1. The molecule has 80 valence electrons. The van der Waals surface area contributed by atoms with Crippen molar-refractivity contribution in [2.45, 2.75) is 26.0 Å². The lowest BCUT2D eigenvalue weighted by Gasteiger charge is -2.27. The van der Waals surface area contributed by atoms with Crippen molar-refractivity contribution in [1.29, 1.82) is 0 Å². The molecule has 1 N–H and O–H groups in total. The van der Waals surface area contributed by atoms with E-state index in [9.17, 15) is 4.79 Å². The van der Waals surface area contributed by atoms with Crippen molar-refractivity contribution in [3.8, 4) is 0 Å². The molecular formula is C10H17NO3. The summed E-state index contributed by atoms with van der Waals surface area (Å²) >= 11 is 0. The molecule has 0 radical (unpaired) electrons. The largest absolute Gasteiger partial charge is 0.463 e. The van der Waals surface area contributed by atoms with Gasteiger partial charge in [0, 0.05) is 12.6 Å². The van der Waals surface area contributed by atoms with E-state index in [1.165, 1.54) is 6.08 Å². The highest BCUT2D eigenvalue weighted by Crippen LogP contribution is 2.04. The molecule has 2 atom stereocenters. The lowest BCUT2D eigenvalue weighted by atomic mass is 10.1. The van der Waals surface area contributed by atoms with E-state index in [2.05, 4.69) is 5.32 Å². The lowest BCUT2D eigenvalue weighted by molar-refractivity contribution is -0.137. The number of carbonyl (C=O) groups is 1. The van der Waals surface area contributed by atoms with Gasteiger partial charge in [0.05, 0.1) is 25.4 Å². The molecule has 0 aromatic carbocycles. The molecule has 1 rings (SSSR count). The molecule has 0 amide bonds. The van der Waals surface area contributed by atoms with Crippen molar-refractivity contribution >= 4 is 5.97 Å². The summed E-state index contributed by atoms with van der Waals surface area (Å²) in [5.74, 6) is -0.299. The molecule has 14 heavy (non-hydrogen) atoms. The number of hydrogen-bond acceptors (Lipinski definition) is 4. The van der Waals surface area contributed by atoms with Crippen molar-refractivity contribution in [3.05, 3.63) is 12.2 Å². The third-order valence-electron chi connectivity index (χ3n) is 2.09. The first-order valence-corrected chi connectivity index (χ1v) is 4.94. The van der Waals surface area contributed by atoms with Crippen LogP contribution in [0.5, 0.6) is 0 Å². The summed E-state index contributed by atoms with van der Waals surface area (Å²) in [7, 11) is 0. The second-order valence-corrected chi connectivity index (χ2v) is 3.17. The van der Waals surface area contributed by atoms with Crippen LogP contribution >= 0.6 is 0 Å². The molecule has 1 fully saturated rings. The van der Waals surface area contributed by atoms with E-state index in [4.69, 9.17) is 9.47 Å². The molecule has 0 spiro atoms. The molecule has 0 bridgehead atoms. The average molecular weight is 199 g/mol. The quantitative estimate of drug-likeness (QED) is 0.530. The SMILES string of the molecule is CCOC(=O)C=C[C@@H]1NCCO[C@H]1C. The molecule has 0 saturated carbocycles. The van der Waals surface area contributed by atoms with Crippen molar-refractivity contribution in [3.63, 3.8) is 0 Å². The zero-order chi connectivity index (χ0) is 10.4. The Balaban J connectivity index is 2.37. The van der Waals surface area contributed by atoms with Gasteiger partial charge in [0.2, 0.25) is 0 Å². The summed E-state index contributed by atoms with van der Waals surface area (Å²) in [6.45, 7) is 5.73. The number of hydrogen-bond donors (Lipinski definition) is 1. The highest BCUT2D eigenvalue weighted by molar-refractivity contribution is 5.82. The van der Waals surface area contributed by atoms with Crippen molar-refractivity contribution in [1.82, 2.24) is 5.32 Å². The summed E-state index contributed by atoms with van der Waals surface area (Å²) in [5, 5.41) is 3.25. The van der Waals surface area contributed by atoms with Gasteiger partial charge in [-0.15, -0.1) is 0 Å². The first-order chi connectivity index (χ1) is 6.74. The number of nitrogens with one attached hydrogen (secondary N) is 1. The Bertz CT molecular complexity index is 215. The fourth-order valence-corrected chi connectivity index (χ4v) is 1.34. The molecule has 4 nitrogen and oxygen atoms in total. The maximum Gasteiger partial charge on any atom is 0.330 e. The first-order valence-electron chi connectivity index (χ1n) is 4.94. The van der Waals surface area contributed by atoms with E-state index in [-0.39, 0.29) is 18.1 Å². The summed E-state index contributed by atoms with van der Waals surface area (Å²) in [4.78, 5) is 11.0. The summed E-state index contributed by atoms with van der Waals surface area (Å²) in [5.41, 5.74) is 0. The van der Waals surface area contributed by atoms with Gasteiger partial charge in [-0.2, -0.15) is 0 Å². The van der Waals surface area contributed by atoms with Crippen LogP contribution in [0, 0.1) is 0 Å². The predicted molar refractivity (Wildman–Crippen MR) is 53.0 cm³/mol. The van der Waals surface area contributed by atoms with E-state index >= 15 is 0 Å². The highest BCUT2D eigenvalue weighted by atomic mass is 16.5. The van der Waals surface area contributed by atoms with Gasteiger partial charge in [0.1, 0.15) is 0 Å². The Morgan fingerprint density at radius 1 is 1.71 bits per heavy atom. The molecular weight excluding hydrogens is 182 g/mol. The minimum Gasteiger partial charge on any atom is -0.463 e. The lowest BCUT2D eigenvalue weighted by Crippen LogP contribution is -2.45. The van der Waals surface area contributed by atoms with Gasteiger partial charge in [0.15, 0.2) is 0 Å². The maximum absolute atomic E-state index is 11.0. The molecule has 1 saturated heterocycles. The van der Waals surface area contributed by atoms with Crippen LogP contribution in [0.1, 0.15) is 13.8 Å². The van der Waals surface area contributed by atoms with Crippen LogP contribution < -0.4 is 5.32 Å². The monoisotopic (exact) mass is 199 g/mol. The Labute approximate surface area is 84.3 Å². The average Bonchev–Trinajstić information content (AvgIpc) is 2.17. The van der Waals surface area contributed by atoms with Crippen molar-refractivity contribution in [2.24, 2.45) is 0 Å². The summed E-state index contributed by atoms with van der Waals surface area (Å²) < 4.78 is 10.2. The molecule has 1 aliphatic heterocycles. The van der Waals surface area contributed by atoms with Crippen molar-refractivity contribution < 1.29 is 14.3 Å². The van der Waals surface area contributed by atoms with Crippen LogP contribution in [0.3, 0.4) is 0 Å². The van der Waals surface area contributed by atoms with E-state index in [1.807, 2.05) is 6.92 Å². The Morgan fingerprint density at radius 2 is 2.50 bits per heavy atom. The van der Waals surface area contributed by atoms with Crippen LogP contribution in [-0.2, 0) is 14.3 Å². The van der Waals surface area contributed by atoms with E-state index in [0.717, 1.165) is 13.2 Å². The molecule has 0 aromatic heterocycles. The van der Waals surface area contributed by atoms with Crippen LogP contribution in [0.15, 0.2) is 12.2 Å². The van der Waals surface area contributed by atoms with Gasteiger partial charge in [-0.3, -0.25) is 0 Å². The third-order valence-corrected chi connectivity index (χ3v) is 2.09. The molecule has 4 heteroatoms. The van der Waals surface area contributed by atoms with Crippen molar-refractivity contribution in [2.75, 3.05) is 19.8 Å². The maximum atomic E-state index is 11.0. The smallest absolute Gasteiger partial charge is 0.330 e. The summed E-state index contributed by atoms with van der Waals surface area (Å²) in [6, 6.07) is 0.105. The minimum absolute atomic E-state index is 0.105. The number of esters is 1. The molecule has 0 aromatic rings. The normalized spacial score (nSPS) is 27.9. The number of ether oxygens (including phenoxy) is 2. The van der Waals surface area contributed by atoms with Gasteiger partial charge in [-0.25, -0.2) is 4.79 Å². The fourth-order valence-electron chi connectivity index (χ4n) is 1.34. The van der Waals surface area contributed by atoms with Gasteiger partial charge in [0.25, 0.3) is 0 Å². The Hall–Kier alpha value is -0.870. The third kappa shape index (κ3) is 3.47. The second kappa shape index (κ2) is 5.78. The van der Waals surface area contributed by atoms with E-state index in [0.29, 0.717) is 6.61 Å². The molecule has 1 aliphatic rings. The van der Waals surface area contributed by atoms with Crippen LogP contribution in [0.4, 0.5) is 0 Å². The van der Waals surface area contributed by atoms with Crippen LogP contribution in [-0.4, -0.2) is 37.9 Å². The minimum atomic E-state index is -0.299. The molecule has 0 unspecified atom stereocenters. The topological polar surface area (TPSA) is 47.6 Å². The summed E-state index contributed by atoms with van der Waals surface area (Å²) in [6.07, 6.45) is 3.35. The predicted octanol–water partition coefficient (Wildman–Crippen LogP) is 0.483. The van der Waals surface area contributed by atoms with E-state index < -0.39 is 0 Å². The highest BCUT2D eigenvalue weighted by Gasteiger charge is 2.18. The Kier molecular flexibility index (Phi) is 4.62. The van der Waals surface area contributed by atoms with Crippen LogP contribution in [0.2, 0.25) is 0 Å². The zero-order valence-electron chi connectivity index (χ0n) is 8.66. The van der Waals surface area contributed by atoms with E-state index in [1.54, 1.807) is 13.0 Å². The fraction of sp³-hybridized carbons (Fsp3) is 0.700. The number of rotatable bonds is 3. The van der Waals surface area contributed by atoms with Gasteiger partial charge in [-0.1, -0.05) is 6.08 Å². The van der Waals surface area contributed by atoms with Gasteiger partial charge in [-0.05, 0) is 13.8 Å².